The molecule has 0 unspecified atom stereocenters. The van der Waals surface area contributed by atoms with Crippen LogP contribution in [0.4, 0.5) is 0 Å². The fourth-order valence-corrected chi connectivity index (χ4v) is 4.15. The number of hydrogen-bond acceptors (Lipinski definition) is 5. The van der Waals surface area contributed by atoms with Gasteiger partial charge in [0, 0.05) is 18.7 Å². The molecule has 29 heavy (non-hydrogen) atoms. The number of ether oxygens (including phenoxy) is 1. The lowest BCUT2D eigenvalue weighted by molar-refractivity contribution is 0.334. The van der Waals surface area contributed by atoms with E-state index in [9.17, 15) is 9.90 Å². The largest absolute Gasteiger partial charge is 0.508 e. The molecule has 4 aromatic rings. The topological polar surface area (TPSA) is 76.4 Å². The fourth-order valence-electron chi connectivity index (χ4n) is 3.85. The number of fused-ring (bicyclic) bond motifs is 2. The average Bonchev–Trinajstić information content (AvgIpc) is 2.68. The number of phenols is 1. The van der Waals surface area contributed by atoms with E-state index in [0.29, 0.717) is 27.2 Å². The number of phenolic OH excluding ortho intramolecular Hbond substituents is 1. The van der Waals surface area contributed by atoms with Crippen LogP contribution < -0.4 is 15.6 Å². The molecule has 146 valence electrons. The summed E-state index contributed by atoms with van der Waals surface area (Å²) >= 11 is 6.75. The van der Waals surface area contributed by atoms with E-state index < -0.39 is 0 Å². The Morgan fingerprint density at radius 2 is 2.00 bits per heavy atom. The maximum absolute atomic E-state index is 13.1. The first kappa shape index (κ1) is 18.0. The summed E-state index contributed by atoms with van der Waals surface area (Å²) in [5.41, 5.74) is 1.62. The first-order valence-electron chi connectivity index (χ1n) is 9.28. The van der Waals surface area contributed by atoms with Gasteiger partial charge in [0.15, 0.2) is 0 Å². The van der Waals surface area contributed by atoms with Crippen molar-refractivity contribution in [2.75, 3.05) is 20.2 Å². The van der Waals surface area contributed by atoms with E-state index >= 15 is 0 Å². The van der Waals surface area contributed by atoms with E-state index in [1.807, 2.05) is 24.3 Å². The standard InChI is InChI=1S/C22H18ClN3O3/c1-29-18-8-17(16-7-14(27)6-12-4-2-3-5-15(12)16)20(23)21-19(18)22(28)26(11-25-21)13-9-24-10-13/h2-8,11,13,24,27H,9-10H2,1H3. The summed E-state index contributed by atoms with van der Waals surface area (Å²) in [7, 11) is 1.52. The quantitative estimate of drug-likeness (QED) is 0.541. The van der Waals surface area contributed by atoms with Gasteiger partial charge in [-0.05, 0) is 34.5 Å². The summed E-state index contributed by atoms with van der Waals surface area (Å²) in [6.07, 6.45) is 1.55. The molecule has 0 aliphatic carbocycles. The summed E-state index contributed by atoms with van der Waals surface area (Å²) in [5.74, 6) is 0.542. The van der Waals surface area contributed by atoms with Crippen molar-refractivity contribution in [3.63, 3.8) is 0 Å². The zero-order valence-corrected chi connectivity index (χ0v) is 16.4. The van der Waals surface area contributed by atoms with Crippen LogP contribution in [0, 0.1) is 0 Å². The van der Waals surface area contributed by atoms with Crippen LogP contribution in [0.1, 0.15) is 6.04 Å². The zero-order valence-electron chi connectivity index (χ0n) is 15.6. The number of nitrogens with zero attached hydrogens (tertiary/aromatic N) is 2. The minimum atomic E-state index is -0.174. The Hall–Kier alpha value is -3.09. The Labute approximate surface area is 171 Å². The third-order valence-corrected chi connectivity index (χ3v) is 5.86. The minimum absolute atomic E-state index is 0.0811. The SMILES string of the molecule is COc1cc(-c2cc(O)cc3ccccc23)c(Cl)c2ncn(C3CNC3)c(=O)c12. The van der Waals surface area contributed by atoms with Crippen molar-refractivity contribution in [3.05, 3.63) is 64.2 Å². The van der Waals surface area contributed by atoms with Crippen molar-refractivity contribution >= 4 is 33.3 Å². The van der Waals surface area contributed by atoms with Crippen LogP contribution in [0.15, 0.2) is 53.6 Å². The molecule has 0 saturated carbocycles. The second-order valence-corrected chi connectivity index (χ2v) is 7.53. The van der Waals surface area contributed by atoms with Crippen molar-refractivity contribution in [1.82, 2.24) is 14.9 Å². The predicted octanol–water partition coefficient (Wildman–Crippen LogP) is 3.73. The van der Waals surface area contributed by atoms with Gasteiger partial charge in [0.2, 0.25) is 0 Å². The molecule has 0 amide bonds. The van der Waals surface area contributed by atoms with Gasteiger partial charge < -0.3 is 15.2 Å². The third-order valence-electron chi connectivity index (χ3n) is 5.47. The van der Waals surface area contributed by atoms with Crippen molar-refractivity contribution in [1.29, 1.82) is 0 Å². The van der Waals surface area contributed by atoms with Crippen LogP contribution in [0.2, 0.25) is 5.02 Å². The lowest BCUT2D eigenvalue weighted by atomic mass is 9.96. The highest BCUT2D eigenvalue weighted by Crippen LogP contribution is 2.41. The van der Waals surface area contributed by atoms with Gasteiger partial charge in [-0.2, -0.15) is 0 Å². The van der Waals surface area contributed by atoms with Gasteiger partial charge in [0.05, 0.1) is 24.5 Å². The highest BCUT2D eigenvalue weighted by molar-refractivity contribution is 6.38. The van der Waals surface area contributed by atoms with Gasteiger partial charge >= 0.3 is 0 Å². The Bertz CT molecular complexity index is 1330. The first-order chi connectivity index (χ1) is 14.1. The molecule has 7 heteroatoms. The summed E-state index contributed by atoms with van der Waals surface area (Å²) in [4.78, 5) is 17.6. The Balaban J connectivity index is 1.83. The van der Waals surface area contributed by atoms with E-state index in [1.54, 1.807) is 29.1 Å². The maximum atomic E-state index is 13.1. The second-order valence-electron chi connectivity index (χ2n) is 7.15. The minimum Gasteiger partial charge on any atom is -0.508 e. The van der Waals surface area contributed by atoms with Crippen LogP contribution in [0.3, 0.4) is 0 Å². The van der Waals surface area contributed by atoms with Gasteiger partial charge in [-0.1, -0.05) is 35.9 Å². The van der Waals surface area contributed by atoms with Gasteiger partial charge in [-0.25, -0.2) is 4.98 Å². The molecule has 2 N–H and O–H groups in total. The van der Waals surface area contributed by atoms with Gasteiger partial charge in [0.1, 0.15) is 22.4 Å². The van der Waals surface area contributed by atoms with Crippen molar-refractivity contribution in [2.24, 2.45) is 0 Å². The molecule has 1 aromatic heterocycles. The normalized spacial score (nSPS) is 14.3. The highest BCUT2D eigenvalue weighted by atomic mass is 35.5. The molecule has 2 heterocycles. The van der Waals surface area contributed by atoms with Crippen molar-refractivity contribution in [3.8, 4) is 22.6 Å². The number of aromatic hydroxyl groups is 1. The number of halogens is 1. The summed E-state index contributed by atoms with van der Waals surface area (Å²) in [6, 6.07) is 12.9. The molecule has 1 aliphatic heterocycles. The van der Waals surface area contributed by atoms with Crippen LogP contribution in [0.5, 0.6) is 11.5 Å². The molecule has 1 aliphatic rings. The molecule has 0 spiro atoms. The number of benzene rings is 3. The van der Waals surface area contributed by atoms with Gasteiger partial charge in [-0.3, -0.25) is 9.36 Å². The molecular weight excluding hydrogens is 390 g/mol. The zero-order chi connectivity index (χ0) is 20.1. The van der Waals surface area contributed by atoms with Gasteiger partial charge in [-0.15, -0.1) is 0 Å². The molecule has 3 aromatic carbocycles. The predicted molar refractivity (Wildman–Crippen MR) is 114 cm³/mol. The van der Waals surface area contributed by atoms with E-state index in [0.717, 1.165) is 29.4 Å². The average molecular weight is 408 g/mol. The fraction of sp³-hybridized carbons (Fsp3) is 0.182. The van der Waals surface area contributed by atoms with Crippen molar-refractivity contribution in [2.45, 2.75) is 6.04 Å². The van der Waals surface area contributed by atoms with Crippen LogP contribution >= 0.6 is 11.6 Å². The molecular formula is C22H18ClN3O3. The number of aromatic nitrogens is 2. The number of nitrogens with one attached hydrogen (secondary N) is 1. The molecule has 0 bridgehead atoms. The number of rotatable bonds is 3. The second kappa shape index (κ2) is 6.76. The van der Waals surface area contributed by atoms with Crippen molar-refractivity contribution < 1.29 is 9.84 Å². The molecule has 1 saturated heterocycles. The van der Waals surface area contributed by atoms with E-state index in [-0.39, 0.29) is 17.4 Å². The summed E-state index contributed by atoms with van der Waals surface area (Å²) in [6.45, 7) is 1.47. The van der Waals surface area contributed by atoms with E-state index in [2.05, 4.69) is 10.3 Å². The highest BCUT2D eigenvalue weighted by Gasteiger charge is 2.24. The van der Waals surface area contributed by atoms with E-state index in [1.165, 1.54) is 7.11 Å². The summed E-state index contributed by atoms with van der Waals surface area (Å²) < 4.78 is 7.19. The Morgan fingerprint density at radius 1 is 1.21 bits per heavy atom. The molecule has 0 atom stereocenters. The molecule has 6 nitrogen and oxygen atoms in total. The van der Waals surface area contributed by atoms with Crippen LogP contribution in [-0.2, 0) is 0 Å². The molecule has 5 rings (SSSR count). The lowest BCUT2D eigenvalue weighted by Crippen LogP contribution is -2.47. The lowest BCUT2D eigenvalue weighted by Gasteiger charge is -2.29. The third kappa shape index (κ3) is 2.75. The monoisotopic (exact) mass is 407 g/mol. The Kier molecular flexibility index (Phi) is 4.19. The number of methoxy groups -OCH3 is 1. The molecule has 0 radical (unpaired) electrons. The first-order valence-corrected chi connectivity index (χ1v) is 9.66. The van der Waals surface area contributed by atoms with E-state index in [4.69, 9.17) is 16.3 Å². The summed E-state index contributed by atoms with van der Waals surface area (Å²) in [5, 5.41) is 15.9. The van der Waals surface area contributed by atoms with Gasteiger partial charge in [0.25, 0.3) is 5.56 Å². The Morgan fingerprint density at radius 3 is 2.72 bits per heavy atom. The van der Waals surface area contributed by atoms with Crippen LogP contribution in [0.25, 0.3) is 32.8 Å². The molecule has 1 fully saturated rings. The number of hydrogen-bond donors (Lipinski definition) is 2. The maximum Gasteiger partial charge on any atom is 0.265 e. The smallest absolute Gasteiger partial charge is 0.265 e. The van der Waals surface area contributed by atoms with Crippen LogP contribution in [-0.4, -0.2) is 34.9 Å².